The van der Waals surface area contributed by atoms with Crippen molar-refractivity contribution < 1.29 is 19.1 Å². The zero-order chi connectivity index (χ0) is 21.0. The molecule has 0 radical (unpaired) electrons. The van der Waals surface area contributed by atoms with Crippen LogP contribution in [0.5, 0.6) is 11.5 Å². The van der Waals surface area contributed by atoms with Gasteiger partial charge in [-0.3, -0.25) is 9.69 Å². The van der Waals surface area contributed by atoms with Crippen LogP contribution in [0.2, 0.25) is 5.02 Å². The molecule has 8 heteroatoms. The third-order valence-corrected chi connectivity index (χ3v) is 5.09. The van der Waals surface area contributed by atoms with E-state index in [1.165, 1.54) is 7.11 Å². The summed E-state index contributed by atoms with van der Waals surface area (Å²) in [5.74, 6) is 0.618. The molecular formula is C21H18BrClN2O4. The van der Waals surface area contributed by atoms with Crippen molar-refractivity contribution in [2.75, 3.05) is 13.7 Å². The number of hydrogen-bond acceptors (Lipinski definition) is 4. The number of nitrogens with one attached hydrogen (secondary N) is 1. The molecular weight excluding hydrogens is 460 g/mol. The van der Waals surface area contributed by atoms with Crippen LogP contribution in [0, 0.1) is 0 Å². The van der Waals surface area contributed by atoms with Gasteiger partial charge in [0.15, 0.2) is 11.5 Å². The van der Waals surface area contributed by atoms with Gasteiger partial charge in [-0.1, -0.05) is 52.3 Å². The predicted octanol–water partition coefficient (Wildman–Crippen LogP) is 4.77. The van der Waals surface area contributed by atoms with Crippen LogP contribution in [0.25, 0.3) is 6.08 Å². The first-order valence-corrected chi connectivity index (χ1v) is 9.80. The average molecular weight is 478 g/mol. The van der Waals surface area contributed by atoms with Gasteiger partial charge in [-0.05, 0) is 41.5 Å². The molecule has 1 saturated heterocycles. The second-order valence-electron chi connectivity index (χ2n) is 6.13. The Morgan fingerprint density at radius 1 is 1.21 bits per heavy atom. The van der Waals surface area contributed by atoms with Crippen LogP contribution in [0.15, 0.2) is 59.2 Å². The molecule has 2 aromatic carbocycles. The second kappa shape index (κ2) is 9.15. The number of halogens is 2. The smallest absolute Gasteiger partial charge is 0.329 e. The van der Waals surface area contributed by atoms with Crippen molar-refractivity contribution >= 4 is 45.5 Å². The molecule has 1 aliphatic heterocycles. The maximum absolute atomic E-state index is 12.7. The Labute approximate surface area is 181 Å². The van der Waals surface area contributed by atoms with Gasteiger partial charge in [-0.15, -0.1) is 0 Å². The highest BCUT2D eigenvalue weighted by Crippen LogP contribution is 2.35. The van der Waals surface area contributed by atoms with Gasteiger partial charge in [0.1, 0.15) is 12.3 Å². The summed E-state index contributed by atoms with van der Waals surface area (Å²) in [6, 6.07) is 9.95. The van der Waals surface area contributed by atoms with E-state index < -0.39 is 11.9 Å². The van der Waals surface area contributed by atoms with Crippen molar-refractivity contribution in [2.45, 2.75) is 6.54 Å². The zero-order valence-corrected chi connectivity index (χ0v) is 17.9. The fraction of sp³-hybridized carbons (Fsp3) is 0.143. The highest BCUT2D eigenvalue weighted by Gasteiger charge is 2.33. The molecule has 2 aromatic rings. The Kier molecular flexibility index (Phi) is 6.61. The van der Waals surface area contributed by atoms with Crippen molar-refractivity contribution in [1.29, 1.82) is 0 Å². The third-order valence-electron chi connectivity index (χ3n) is 4.16. The van der Waals surface area contributed by atoms with Gasteiger partial charge in [0.25, 0.3) is 5.91 Å². The van der Waals surface area contributed by atoms with E-state index in [2.05, 4.69) is 27.8 Å². The number of carbonyl (C=O) groups is 2. The van der Waals surface area contributed by atoms with Gasteiger partial charge in [-0.25, -0.2) is 4.79 Å². The fourth-order valence-electron chi connectivity index (χ4n) is 2.73. The summed E-state index contributed by atoms with van der Waals surface area (Å²) >= 11 is 9.34. The summed E-state index contributed by atoms with van der Waals surface area (Å²) in [7, 11) is 1.53. The number of rotatable bonds is 7. The van der Waals surface area contributed by atoms with Gasteiger partial charge in [0.05, 0.1) is 13.7 Å². The van der Waals surface area contributed by atoms with E-state index in [1.54, 1.807) is 48.6 Å². The van der Waals surface area contributed by atoms with E-state index >= 15 is 0 Å². The summed E-state index contributed by atoms with van der Waals surface area (Å²) in [5.41, 5.74) is 1.63. The van der Waals surface area contributed by atoms with Crippen molar-refractivity contribution in [3.63, 3.8) is 0 Å². The lowest BCUT2D eigenvalue weighted by atomic mass is 10.1. The molecule has 0 saturated carbocycles. The number of benzene rings is 2. The molecule has 1 aliphatic rings. The fourth-order valence-corrected chi connectivity index (χ4v) is 3.29. The van der Waals surface area contributed by atoms with E-state index in [-0.39, 0.29) is 12.2 Å². The normalized spacial score (nSPS) is 14.9. The molecule has 0 spiro atoms. The Hall–Kier alpha value is -2.77. The highest BCUT2D eigenvalue weighted by atomic mass is 79.9. The minimum Gasteiger partial charge on any atom is -0.493 e. The van der Waals surface area contributed by atoms with E-state index in [4.69, 9.17) is 21.1 Å². The van der Waals surface area contributed by atoms with Gasteiger partial charge >= 0.3 is 6.03 Å². The number of nitrogens with zero attached hydrogens (tertiary/aromatic N) is 1. The van der Waals surface area contributed by atoms with Crippen LogP contribution in [-0.2, 0) is 11.3 Å². The highest BCUT2D eigenvalue weighted by molar-refractivity contribution is 9.10. The van der Waals surface area contributed by atoms with Crippen LogP contribution >= 0.6 is 27.5 Å². The molecule has 0 aromatic heterocycles. The van der Waals surface area contributed by atoms with Gasteiger partial charge in [-0.2, -0.15) is 0 Å². The molecule has 1 N–H and O–H groups in total. The molecule has 1 heterocycles. The minimum atomic E-state index is -0.481. The van der Waals surface area contributed by atoms with Crippen LogP contribution in [0.4, 0.5) is 4.79 Å². The molecule has 1 fully saturated rings. The maximum atomic E-state index is 12.7. The molecule has 0 atom stereocenters. The number of imide groups is 1. The number of carbonyl (C=O) groups excluding carboxylic acids is 2. The largest absolute Gasteiger partial charge is 0.493 e. The number of ether oxygens (including phenoxy) is 2. The first kappa shape index (κ1) is 21.0. The topological polar surface area (TPSA) is 67.9 Å². The van der Waals surface area contributed by atoms with E-state index in [0.29, 0.717) is 33.2 Å². The first-order valence-electron chi connectivity index (χ1n) is 8.63. The van der Waals surface area contributed by atoms with Gasteiger partial charge in [0.2, 0.25) is 0 Å². The summed E-state index contributed by atoms with van der Waals surface area (Å²) < 4.78 is 11.6. The lowest BCUT2D eigenvalue weighted by molar-refractivity contribution is -0.123. The van der Waals surface area contributed by atoms with Crippen LogP contribution in [-0.4, -0.2) is 30.6 Å². The zero-order valence-electron chi connectivity index (χ0n) is 15.6. The Morgan fingerprint density at radius 2 is 1.93 bits per heavy atom. The Bertz CT molecular complexity index is 989. The number of hydrogen-bond donors (Lipinski definition) is 1. The standard InChI is InChI=1S/C21H18BrClN2O4/c1-3-8-29-19-11-16(22)14(10-18(19)28-2)9-17-20(26)25(21(27)24-17)12-13-4-6-15(23)7-5-13/h3-7,9-11H,1,8,12H2,2H3,(H,24,27)/b17-9-. The van der Waals surface area contributed by atoms with Crippen molar-refractivity contribution in [2.24, 2.45) is 0 Å². The van der Waals surface area contributed by atoms with Crippen molar-refractivity contribution in [3.05, 3.63) is 75.4 Å². The quantitative estimate of drug-likeness (QED) is 0.354. The minimum absolute atomic E-state index is 0.151. The Balaban J connectivity index is 1.85. The predicted molar refractivity (Wildman–Crippen MR) is 115 cm³/mol. The lowest BCUT2D eigenvalue weighted by Crippen LogP contribution is -2.30. The number of methoxy groups -OCH3 is 1. The van der Waals surface area contributed by atoms with Crippen LogP contribution in [0.1, 0.15) is 11.1 Å². The summed E-state index contributed by atoms with van der Waals surface area (Å²) in [4.78, 5) is 26.2. The average Bonchev–Trinajstić information content (AvgIpc) is 2.97. The van der Waals surface area contributed by atoms with Crippen LogP contribution in [0.3, 0.4) is 0 Å². The SMILES string of the molecule is C=CCOc1cc(Br)c(/C=C2\NC(=O)N(Cc3ccc(Cl)cc3)C2=O)cc1OC. The molecule has 29 heavy (non-hydrogen) atoms. The molecule has 0 unspecified atom stereocenters. The summed E-state index contributed by atoms with van der Waals surface area (Å²) in [5, 5.41) is 3.20. The van der Waals surface area contributed by atoms with Crippen molar-refractivity contribution in [1.82, 2.24) is 10.2 Å². The van der Waals surface area contributed by atoms with Gasteiger partial charge < -0.3 is 14.8 Å². The van der Waals surface area contributed by atoms with Gasteiger partial charge in [0, 0.05) is 9.50 Å². The number of urea groups is 1. The second-order valence-corrected chi connectivity index (χ2v) is 7.42. The Morgan fingerprint density at radius 3 is 2.59 bits per heavy atom. The van der Waals surface area contributed by atoms with E-state index in [9.17, 15) is 9.59 Å². The maximum Gasteiger partial charge on any atom is 0.329 e. The van der Waals surface area contributed by atoms with Crippen molar-refractivity contribution in [3.8, 4) is 11.5 Å². The first-order chi connectivity index (χ1) is 13.9. The lowest BCUT2D eigenvalue weighted by Gasteiger charge is -2.12. The van der Waals surface area contributed by atoms with E-state index in [1.807, 2.05) is 0 Å². The molecule has 0 bridgehead atoms. The summed E-state index contributed by atoms with van der Waals surface area (Å²) in [6.07, 6.45) is 3.22. The summed E-state index contributed by atoms with van der Waals surface area (Å²) in [6.45, 7) is 4.10. The van der Waals surface area contributed by atoms with E-state index in [0.717, 1.165) is 10.5 Å². The molecule has 6 nitrogen and oxygen atoms in total. The monoisotopic (exact) mass is 476 g/mol. The third kappa shape index (κ3) is 4.81. The van der Waals surface area contributed by atoms with Crippen LogP contribution < -0.4 is 14.8 Å². The molecule has 150 valence electrons. The number of amides is 3. The molecule has 3 amide bonds. The molecule has 3 rings (SSSR count). The molecule has 0 aliphatic carbocycles.